The van der Waals surface area contributed by atoms with Crippen LogP contribution in [0.5, 0.6) is 0 Å². The Labute approximate surface area is 89.9 Å². The molecule has 0 aromatic heterocycles. The summed E-state index contributed by atoms with van der Waals surface area (Å²) in [5, 5.41) is 0. The summed E-state index contributed by atoms with van der Waals surface area (Å²) in [5.74, 6) is 0.897. The molecule has 0 amide bonds. The Hall–Kier alpha value is -0.0400. The summed E-state index contributed by atoms with van der Waals surface area (Å²) in [6.07, 6.45) is 10.1. The zero-order valence-corrected chi connectivity index (χ0v) is 10.1. The smallest absolute Gasteiger partial charge is 0.00183 e. The quantitative estimate of drug-likeness (QED) is 0.563. The third kappa shape index (κ3) is 5.64. The average molecular weight is 197 g/mol. The topological polar surface area (TPSA) is 3.24 Å². The molecule has 1 heterocycles. The number of rotatable bonds is 7. The van der Waals surface area contributed by atoms with Gasteiger partial charge in [-0.05, 0) is 44.8 Å². The lowest BCUT2D eigenvalue weighted by Crippen LogP contribution is -2.20. The fourth-order valence-corrected chi connectivity index (χ4v) is 2.25. The molecule has 1 saturated heterocycles. The molecule has 84 valence electrons. The van der Waals surface area contributed by atoms with E-state index < -0.39 is 0 Å². The molecule has 1 fully saturated rings. The Bertz CT molecular complexity index is 125. The maximum Gasteiger partial charge on any atom is -0.00183 e. The molecule has 0 saturated carbocycles. The Morgan fingerprint density at radius 2 is 1.57 bits per heavy atom. The standard InChI is InChI=1S/C13H27N/c1-13(2)9-5-3-4-6-10-14-11-7-8-12-14/h13H,3-12H2,1-2H3. The molecule has 0 unspecified atom stereocenters. The summed E-state index contributed by atoms with van der Waals surface area (Å²) < 4.78 is 0. The van der Waals surface area contributed by atoms with Gasteiger partial charge in [-0.15, -0.1) is 0 Å². The third-order valence-electron chi connectivity index (χ3n) is 3.20. The van der Waals surface area contributed by atoms with Crippen molar-refractivity contribution in [2.45, 2.75) is 58.8 Å². The Balaban J connectivity index is 1.79. The zero-order valence-electron chi connectivity index (χ0n) is 10.1. The van der Waals surface area contributed by atoms with Gasteiger partial charge < -0.3 is 4.90 Å². The SMILES string of the molecule is CC(C)CCCCCCN1CCCC1. The molecule has 0 spiro atoms. The monoisotopic (exact) mass is 197 g/mol. The first-order valence-corrected chi connectivity index (χ1v) is 6.51. The fourth-order valence-electron chi connectivity index (χ4n) is 2.25. The van der Waals surface area contributed by atoms with Crippen LogP contribution in [-0.2, 0) is 0 Å². The summed E-state index contributed by atoms with van der Waals surface area (Å²) in [6, 6.07) is 0. The van der Waals surface area contributed by atoms with Crippen LogP contribution >= 0.6 is 0 Å². The first kappa shape index (κ1) is 12.0. The highest BCUT2D eigenvalue weighted by molar-refractivity contribution is 4.65. The van der Waals surface area contributed by atoms with Gasteiger partial charge in [0, 0.05) is 0 Å². The zero-order chi connectivity index (χ0) is 10.2. The van der Waals surface area contributed by atoms with Gasteiger partial charge in [0.05, 0.1) is 0 Å². The van der Waals surface area contributed by atoms with Gasteiger partial charge in [0.15, 0.2) is 0 Å². The highest BCUT2D eigenvalue weighted by Crippen LogP contribution is 2.12. The van der Waals surface area contributed by atoms with Crippen molar-refractivity contribution in [3.8, 4) is 0 Å². The molecule has 14 heavy (non-hydrogen) atoms. The van der Waals surface area contributed by atoms with Crippen LogP contribution in [0.3, 0.4) is 0 Å². The van der Waals surface area contributed by atoms with Crippen LogP contribution in [0.25, 0.3) is 0 Å². The Morgan fingerprint density at radius 1 is 0.929 bits per heavy atom. The molecule has 1 nitrogen and oxygen atoms in total. The molecule has 1 aliphatic rings. The second-order valence-corrected chi connectivity index (χ2v) is 5.15. The van der Waals surface area contributed by atoms with Gasteiger partial charge in [0.25, 0.3) is 0 Å². The molecule has 1 aliphatic heterocycles. The normalized spacial score (nSPS) is 18.2. The molecule has 0 radical (unpaired) electrons. The van der Waals surface area contributed by atoms with E-state index in [-0.39, 0.29) is 0 Å². The fraction of sp³-hybridized carbons (Fsp3) is 1.00. The highest BCUT2D eigenvalue weighted by atomic mass is 15.1. The summed E-state index contributed by atoms with van der Waals surface area (Å²) in [4.78, 5) is 2.63. The van der Waals surface area contributed by atoms with Gasteiger partial charge in [0.2, 0.25) is 0 Å². The lowest BCUT2D eigenvalue weighted by Gasteiger charge is -2.13. The number of unbranched alkanes of at least 4 members (excludes halogenated alkanes) is 3. The van der Waals surface area contributed by atoms with Gasteiger partial charge >= 0.3 is 0 Å². The van der Waals surface area contributed by atoms with Gasteiger partial charge in [-0.3, -0.25) is 0 Å². The molecule has 0 atom stereocenters. The molecule has 0 aromatic carbocycles. The lowest BCUT2D eigenvalue weighted by atomic mass is 10.0. The van der Waals surface area contributed by atoms with Crippen LogP contribution in [0.2, 0.25) is 0 Å². The van der Waals surface area contributed by atoms with E-state index >= 15 is 0 Å². The van der Waals surface area contributed by atoms with Crippen LogP contribution in [0.4, 0.5) is 0 Å². The Morgan fingerprint density at radius 3 is 2.21 bits per heavy atom. The molecule has 1 heteroatoms. The number of nitrogens with zero attached hydrogens (tertiary/aromatic N) is 1. The molecule has 0 aromatic rings. The lowest BCUT2D eigenvalue weighted by molar-refractivity contribution is 0.327. The molecule has 0 aliphatic carbocycles. The van der Waals surface area contributed by atoms with Crippen molar-refractivity contribution in [2.75, 3.05) is 19.6 Å². The van der Waals surface area contributed by atoms with Crippen molar-refractivity contribution in [3.05, 3.63) is 0 Å². The second-order valence-electron chi connectivity index (χ2n) is 5.15. The summed E-state index contributed by atoms with van der Waals surface area (Å²) in [6.45, 7) is 8.74. The van der Waals surface area contributed by atoms with Crippen molar-refractivity contribution >= 4 is 0 Å². The van der Waals surface area contributed by atoms with Gasteiger partial charge in [-0.1, -0.05) is 39.5 Å². The first-order chi connectivity index (χ1) is 6.79. The van der Waals surface area contributed by atoms with Crippen molar-refractivity contribution in [3.63, 3.8) is 0 Å². The maximum absolute atomic E-state index is 2.63. The predicted molar refractivity (Wildman–Crippen MR) is 63.6 cm³/mol. The van der Waals surface area contributed by atoms with E-state index in [1.54, 1.807) is 0 Å². The largest absolute Gasteiger partial charge is 0.303 e. The van der Waals surface area contributed by atoms with Crippen LogP contribution in [0.15, 0.2) is 0 Å². The van der Waals surface area contributed by atoms with E-state index in [0.29, 0.717) is 0 Å². The minimum Gasteiger partial charge on any atom is -0.303 e. The molecule has 0 bridgehead atoms. The number of hydrogen-bond donors (Lipinski definition) is 0. The van der Waals surface area contributed by atoms with Crippen LogP contribution in [0, 0.1) is 5.92 Å². The van der Waals surface area contributed by atoms with Crippen molar-refractivity contribution in [1.82, 2.24) is 4.90 Å². The van der Waals surface area contributed by atoms with E-state index in [2.05, 4.69) is 18.7 Å². The first-order valence-electron chi connectivity index (χ1n) is 6.51. The molecular formula is C13H27N. The minimum atomic E-state index is 0.897. The van der Waals surface area contributed by atoms with Crippen LogP contribution in [-0.4, -0.2) is 24.5 Å². The van der Waals surface area contributed by atoms with Crippen molar-refractivity contribution < 1.29 is 0 Å². The summed E-state index contributed by atoms with van der Waals surface area (Å²) >= 11 is 0. The minimum absolute atomic E-state index is 0.897. The summed E-state index contributed by atoms with van der Waals surface area (Å²) in [7, 11) is 0. The van der Waals surface area contributed by atoms with Gasteiger partial charge in [-0.2, -0.15) is 0 Å². The molecule has 1 rings (SSSR count). The van der Waals surface area contributed by atoms with E-state index in [9.17, 15) is 0 Å². The second kappa shape index (κ2) is 7.28. The predicted octanol–water partition coefficient (Wildman–Crippen LogP) is 3.69. The van der Waals surface area contributed by atoms with Crippen molar-refractivity contribution in [2.24, 2.45) is 5.92 Å². The van der Waals surface area contributed by atoms with Crippen molar-refractivity contribution in [1.29, 1.82) is 0 Å². The highest BCUT2D eigenvalue weighted by Gasteiger charge is 2.09. The Kier molecular flexibility index (Phi) is 6.25. The van der Waals surface area contributed by atoms with E-state index in [4.69, 9.17) is 0 Å². The van der Waals surface area contributed by atoms with E-state index in [0.717, 1.165) is 5.92 Å². The maximum atomic E-state index is 2.63. The average Bonchev–Trinajstić information content (AvgIpc) is 2.63. The van der Waals surface area contributed by atoms with Gasteiger partial charge in [0.1, 0.15) is 0 Å². The molecular weight excluding hydrogens is 170 g/mol. The van der Waals surface area contributed by atoms with E-state index in [1.165, 1.54) is 64.6 Å². The van der Waals surface area contributed by atoms with E-state index in [1.807, 2.05) is 0 Å². The van der Waals surface area contributed by atoms with Crippen LogP contribution < -0.4 is 0 Å². The third-order valence-corrected chi connectivity index (χ3v) is 3.20. The van der Waals surface area contributed by atoms with Crippen LogP contribution in [0.1, 0.15) is 58.8 Å². The summed E-state index contributed by atoms with van der Waals surface area (Å²) in [5.41, 5.74) is 0. The van der Waals surface area contributed by atoms with Gasteiger partial charge in [-0.25, -0.2) is 0 Å². The number of likely N-dealkylation sites (tertiary alicyclic amines) is 1. The molecule has 0 N–H and O–H groups in total. The number of hydrogen-bond acceptors (Lipinski definition) is 1.